The topological polar surface area (TPSA) is 70.4 Å². The molecular weight excluding hydrogens is 340 g/mol. The van der Waals surface area contributed by atoms with Crippen molar-refractivity contribution < 1.29 is 14.3 Å². The van der Waals surface area contributed by atoms with Gasteiger partial charge in [-0.2, -0.15) is 5.26 Å². The van der Waals surface area contributed by atoms with Crippen LogP contribution < -0.4 is 4.90 Å². The second-order valence-electron chi connectivity index (χ2n) is 5.91. The molecule has 134 valence electrons. The monoisotopic (exact) mass is 358 g/mol. The van der Waals surface area contributed by atoms with Crippen molar-refractivity contribution in [1.82, 2.24) is 0 Å². The second kappa shape index (κ2) is 8.15. The van der Waals surface area contributed by atoms with E-state index in [1.807, 2.05) is 55.5 Å². The van der Waals surface area contributed by atoms with Crippen LogP contribution in [0.15, 0.2) is 66.7 Å². The minimum atomic E-state index is -0.630. The van der Waals surface area contributed by atoms with Crippen LogP contribution in [-0.2, 0) is 9.53 Å². The molecule has 0 saturated heterocycles. The highest BCUT2D eigenvalue weighted by molar-refractivity contribution is 6.04. The molecular formula is C22H18N2O3. The number of carbonyl (C=O) groups is 2. The molecule has 0 unspecified atom stereocenters. The first-order valence-electron chi connectivity index (χ1n) is 8.59. The van der Waals surface area contributed by atoms with Crippen LogP contribution in [0.2, 0.25) is 0 Å². The zero-order chi connectivity index (χ0) is 19.2. The molecule has 0 aliphatic carbocycles. The summed E-state index contributed by atoms with van der Waals surface area (Å²) in [6.07, 6.45) is 0. The summed E-state index contributed by atoms with van der Waals surface area (Å²) in [5.74, 6) is -0.937. The van der Waals surface area contributed by atoms with Crippen molar-refractivity contribution in [3.05, 3.63) is 77.9 Å². The van der Waals surface area contributed by atoms with Gasteiger partial charge in [0.1, 0.15) is 0 Å². The molecule has 0 radical (unpaired) electrons. The zero-order valence-corrected chi connectivity index (χ0v) is 14.9. The molecule has 0 saturated carbocycles. The van der Waals surface area contributed by atoms with Crippen LogP contribution in [-0.4, -0.2) is 25.0 Å². The Morgan fingerprint density at radius 2 is 1.78 bits per heavy atom. The predicted octanol–water partition coefficient (Wildman–Crippen LogP) is 3.92. The van der Waals surface area contributed by atoms with Gasteiger partial charge in [0, 0.05) is 11.9 Å². The maximum Gasteiger partial charge on any atom is 0.338 e. The fraction of sp³-hybridized carbons (Fsp3) is 0.136. The molecule has 0 bridgehead atoms. The van der Waals surface area contributed by atoms with E-state index >= 15 is 0 Å². The van der Waals surface area contributed by atoms with Gasteiger partial charge in [0.15, 0.2) is 6.61 Å². The molecule has 0 N–H and O–H groups in total. The SMILES string of the molecule is CCN(C(=O)COC(=O)c1cccc(C#N)c1)c1cccc2ccccc12. The van der Waals surface area contributed by atoms with Crippen LogP contribution in [0.25, 0.3) is 10.8 Å². The van der Waals surface area contributed by atoms with Gasteiger partial charge in [0.25, 0.3) is 5.91 Å². The van der Waals surface area contributed by atoms with Crippen LogP contribution in [0.3, 0.4) is 0 Å². The van der Waals surface area contributed by atoms with Crippen molar-refractivity contribution in [3.8, 4) is 6.07 Å². The Hall–Kier alpha value is -3.65. The van der Waals surface area contributed by atoms with Gasteiger partial charge in [0.05, 0.1) is 22.9 Å². The van der Waals surface area contributed by atoms with E-state index in [4.69, 9.17) is 10.00 Å². The highest BCUT2D eigenvalue weighted by atomic mass is 16.5. The van der Waals surface area contributed by atoms with Crippen molar-refractivity contribution in [1.29, 1.82) is 5.26 Å². The molecule has 1 amide bonds. The molecule has 27 heavy (non-hydrogen) atoms. The Labute approximate surface area is 157 Å². The van der Waals surface area contributed by atoms with E-state index in [-0.39, 0.29) is 18.1 Å². The number of nitriles is 1. The van der Waals surface area contributed by atoms with Crippen molar-refractivity contribution >= 4 is 28.3 Å². The van der Waals surface area contributed by atoms with Gasteiger partial charge in [-0.05, 0) is 36.6 Å². The van der Waals surface area contributed by atoms with Gasteiger partial charge in [0.2, 0.25) is 0 Å². The number of hydrogen-bond donors (Lipinski definition) is 0. The maximum absolute atomic E-state index is 12.7. The van der Waals surface area contributed by atoms with Gasteiger partial charge in [-0.3, -0.25) is 4.79 Å². The molecule has 0 aliphatic rings. The molecule has 0 aliphatic heterocycles. The number of hydrogen-bond acceptors (Lipinski definition) is 4. The average Bonchev–Trinajstić information content (AvgIpc) is 2.72. The van der Waals surface area contributed by atoms with Crippen LogP contribution >= 0.6 is 0 Å². The van der Waals surface area contributed by atoms with E-state index in [1.165, 1.54) is 6.07 Å². The largest absolute Gasteiger partial charge is 0.452 e. The van der Waals surface area contributed by atoms with E-state index in [0.717, 1.165) is 16.5 Å². The molecule has 5 nitrogen and oxygen atoms in total. The summed E-state index contributed by atoms with van der Waals surface area (Å²) in [7, 11) is 0. The normalized spacial score (nSPS) is 10.2. The number of amides is 1. The average molecular weight is 358 g/mol. The molecule has 5 heteroatoms. The number of anilines is 1. The fourth-order valence-corrected chi connectivity index (χ4v) is 2.93. The van der Waals surface area contributed by atoms with Crippen LogP contribution in [0.4, 0.5) is 5.69 Å². The Morgan fingerprint density at radius 3 is 2.56 bits per heavy atom. The Bertz CT molecular complexity index is 1030. The third kappa shape index (κ3) is 3.96. The van der Waals surface area contributed by atoms with Gasteiger partial charge >= 0.3 is 5.97 Å². The van der Waals surface area contributed by atoms with E-state index in [2.05, 4.69) is 0 Å². The lowest BCUT2D eigenvalue weighted by molar-refractivity contribution is -0.121. The zero-order valence-electron chi connectivity index (χ0n) is 14.9. The summed E-state index contributed by atoms with van der Waals surface area (Å²) < 4.78 is 5.17. The van der Waals surface area contributed by atoms with Gasteiger partial charge in [-0.1, -0.05) is 42.5 Å². The first-order valence-corrected chi connectivity index (χ1v) is 8.59. The third-order valence-corrected chi connectivity index (χ3v) is 4.23. The molecule has 0 atom stereocenters. The number of nitrogens with zero attached hydrogens (tertiary/aromatic N) is 2. The number of likely N-dealkylation sites (N-methyl/N-ethyl adjacent to an activating group) is 1. The van der Waals surface area contributed by atoms with E-state index in [9.17, 15) is 9.59 Å². The number of benzene rings is 3. The summed E-state index contributed by atoms with van der Waals surface area (Å²) in [5.41, 5.74) is 1.39. The lowest BCUT2D eigenvalue weighted by Gasteiger charge is -2.22. The lowest BCUT2D eigenvalue weighted by Crippen LogP contribution is -2.34. The summed E-state index contributed by atoms with van der Waals surface area (Å²) in [5, 5.41) is 10.9. The number of ether oxygens (including phenoxy) is 1. The highest BCUT2D eigenvalue weighted by Gasteiger charge is 2.18. The molecule has 0 heterocycles. The van der Waals surface area contributed by atoms with Crippen LogP contribution in [0, 0.1) is 11.3 Å². The number of fused-ring (bicyclic) bond motifs is 1. The molecule has 3 aromatic rings. The number of rotatable bonds is 5. The molecule has 0 spiro atoms. The standard InChI is InChI=1S/C22H18N2O3/c1-2-24(20-12-6-9-17-8-3-4-11-19(17)20)21(25)15-27-22(26)18-10-5-7-16(13-18)14-23/h3-13H,2,15H2,1H3. The van der Waals surface area contributed by atoms with Gasteiger partial charge in [-0.15, -0.1) is 0 Å². The van der Waals surface area contributed by atoms with E-state index in [1.54, 1.807) is 23.1 Å². The van der Waals surface area contributed by atoms with Crippen molar-refractivity contribution in [2.45, 2.75) is 6.92 Å². The fourth-order valence-electron chi connectivity index (χ4n) is 2.93. The Balaban J connectivity index is 1.75. The third-order valence-electron chi connectivity index (χ3n) is 4.23. The van der Waals surface area contributed by atoms with Crippen molar-refractivity contribution in [3.63, 3.8) is 0 Å². The summed E-state index contributed by atoms with van der Waals surface area (Å²) in [6, 6.07) is 21.7. The first-order chi connectivity index (χ1) is 13.1. The van der Waals surface area contributed by atoms with E-state index in [0.29, 0.717) is 12.1 Å². The first kappa shape index (κ1) is 18.2. The Morgan fingerprint density at radius 1 is 1.04 bits per heavy atom. The van der Waals surface area contributed by atoms with Crippen LogP contribution in [0.5, 0.6) is 0 Å². The molecule has 0 fully saturated rings. The highest BCUT2D eigenvalue weighted by Crippen LogP contribution is 2.26. The van der Waals surface area contributed by atoms with Crippen molar-refractivity contribution in [2.75, 3.05) is 18.1 Å². The van der Waals surface area contributed by atoms with Crippen molar-refractivity contribution in [2.24, 2.45) is 0 Å². The molecule has 3 aromatic carbocycles. The smallest absolute Gasteiger partial charge is 0.338 e. The number of esters is 1. The quantitative estimate of drug-likeness (QED) is 0.648. The molecule has 0 aromatic heterocycles. The minimum absolute atomic E-state index is 0.245. The summed E-state index contributed by atoms with van der Waals surface area (Å²) >= 11 is 0. The molecule has 3 rings (SSSR count). The maximum atomic E-state index is 12.7. The predicted molar refractivity (Wildman–Crippen MR) is 103 cm³/mol. The summed E-state index contributed by atoms with van der Waals surface area (Å²) in [4.78, 5) is 26.4. The number of carbonyl (C=O) groups excluding carboxylic acids is 2. The van der Waals surface area contributed by atoms with Gasteiger partial charge in [-0.25, -0.2) is 4.79 Å². The van der Waals surface area contributed by atoms with Crippen LogP contribution in [0.1, 0.15) is 22.8 Å². The second-order valence-corrected chi connectivity index (χ2v) is 5.91. The minimum Gasteiger partial charge on any atom is -0.452 e. The summed E-state index contributed by atoms with van der Waals surface area (Å²) in [6.45, 7) is 1.96. The Kier molecular flexibility index (Phi) is 5.48. The lowest BCUT2D eigenvalue weighted by atomic mass is 10.1. The van der Waals surface area contributed by atoms with Gasteiger partial charge < -0.3 is 9.64 Å². The van der Waals surface area contributed by atoms with E-state index < -0.39 is 5.97 Å².